The van der Waals surface area contributed by atoms with Crippen LogP contribution in [0.4, 0.5) is 40.8 Å². The first-order chi connectivity index (χ1) is 16.0. The van der Waals surface area contributed by atoms with E-state index in [0.29, 0.717) is 31.6 Å². The first-order valence-electron chi connectivity index (χ1n) is 10.7. The summed E-state index contributed by atoms with van der Waals surface area (Å²) in [6.45, 7) is 6.19. The van der Waals surface area contributed by atoms with Gasteiger partial charge in [-0.05, 0) is 56.3 Å². The summed E-state index contributed by atoms with van der Waals surface area (Å²) >= 11 is 0. The molecule has 1 aromatic heterocycles. The quantitative estimate of drug-likeness (QED) is 0.530. The summed E-state index contributed by atoms with van der Waals surface area (Å²) in [5.41, 5.74) is -0.453. The maximum atomic E-state index is 14.2. The molecule has 0 saturated carbocycles. The van der Waals surface area contributed by atoms with Crippen molar-refractivity contribution < 1.29 is 22.3 Å². The summed E-state index contributed by atoms with van der Waals surface area (Å²) in [5, 5.41) is 7.05. The molecule has 0 atom stereocenters. The Balaban J connectivity index is 1.52. The first kappa shape index (κ1) is 23.7. The van der Waals surface area contributed by atoms with Gasteiger partial charge in [0.25, 0.3) is 0 Å². The highest BCUT2D eigenvalue weighted by molar-refractivity contribution is 5.58. The second-order valence-corrected chi connectivity index (χ2v) is 8.76. The fraction of sp³-hybridized carbons (Fsp3) is 0.391. The predicted octanol–water partition coefficient (Wildman–Crippen LogP) is 4.83. The number of hydrogen-bond donors (Lipinski definition) is 1. The number of hydrogen-bond acceptors (Lipinski definition) is 6. The molecule has 0 aliphatic carbocycles. The first-order valence-corrected chi connectivity index (χ1v) is 10.7. The zero-order chi connectivity index (χ0) is 24.7. The van der Waals surface area contributed by atoms with Crippen molar-refractivity contribution in [1.29, 1.82) is 0 Å². The van der Waals surface area contributed by atoms with Gasteiger partial charge < -0.3 is 19.9 Å². The molecule has 0 bridgehead atoms. The molecule has 2 aromatic carbocycles. The van der Waals surface area contributed by atoms with E-state index in [1.165, 1.54) is 4.68 Å². The normalized spacial score (nSPS) is 16.0. The van der Waals surface area contributed by atoms with Crippen LogP contribution in [0.15, 0.2) is 42.5 Å². The van der Waals surface area contributed by atoms with E-state index in [1.807, 2.05) is 29.2 Å². The van der Waals surface area contributed by atoms with E-state index >= 15 is 0 Å². The standard InChI is InChI=1S/C23H26F4N6O/c1-22(2)14-32(11-12-33(22)16-6-8-17(34-4)9-7-16)21-29-20(31(3)30-21)28-19-13-15(23(25,26)27)5-10-18(19)24/h5-10,13H,11-12,14H2,1-4H3,(H,28,29,30). The number of aryl methyl sites for hydroxylation is 1. The summed E-state index contributed by atoms with van der Waals surface area (Å²) in [5.74, 6) is 0.533. The third-order valence-corrected chi connectivity index (χ3v) is 5.86. The number of ether oxygens (including phenoxy) is 1. The summed E-state index contributed by atoms with van der Waals surface area (Å²) in [7, 11) is 3.23. The van der Waals surface area contributed by atoms with Crippen LogP contribution in [0.5, 0.6) is 5.75 Å². The van der Waals surface area contributed by atoms with Gasteiger partial charge in [0.05, 0.1) is 23.9 Å². The van der Waals surface area contributed by atoms with Crippen LogP contribution in [0.2, 0.25) is 0 Å². The van der Waals surface area contributed by atoms with Crippen LogP contribution in [0.3, 0.4) is 0 Å². The largest absolute Gasteiger partial charge is 0.497 e. The van der Waals surface area contributed by atoms with Crippen molar-refractivity contribution in [2.45, 2.75) is 25.6 Å². The predicted molar refractivity (Wildman–Crippen MR) is 122 cm³/mol. The molecular formula is C23H26F4N6O. The number of alkyl halides is 3. The number of halogens is 4. The maximum absolute atomic E-state index is 14.2. The summed E-state index contributed by atoms with van der Waals surface area (Å²) < 4.78 is 59.9. The van der Waals surface area contributed by atoms with Gasteiger partial charge in [0.15, 0.2) is 0 Å². The van der Waals surface area contributed by atoms with Gasteiger partial charge >= 0.3 is 6.18 Å². The summed E-state index contributed by atoms with van der Waals surface area (Å²) in [4.78, 5) is 8.73. The highest BCUT2D eigenvalue weighted by atomic mass is 19.4. The lowest BCUT2D eigenvalue weighted by atomic mass is 9.98. The average molecular weight is 478 g/mol. The molecule has 4 rings (SSSR count). The van der Waals surface area contributed by atoms with E-state index in [0.717, 1.165) is 23.6 Å². The number of nitrogens with zero attached hydrogens (tertiary/aromatic N) is 5. The number of methoxy groups -OCH3 is 1. The molecule has 34 heavy (non-hydrogen) atoms. The number of anilines is 4. The van der Waals surface area contributed by atoms with Crippen molar-refractivity contribution in [3.05, 3.63) is 53.8 Å². The van der Waals surface area contributed by atoms with E-state index in [2.05, 4.69) is 34.1 Å². The Labute approximate surface area is 194 Å². The molecule has 1 fully saturated rings. The zero-order valence-corrected chi connectivity index (χ0v) is 19.3. The lowest BCUT2D eigenvalue weighted by Crippen LogP contribution is -2.60. The topological polar surface area (TPSA) is 58.5 Å². The van der Waals surface area contributed by atoms with Crippen LogP contribution >= 0.6 is 0 Å². The molecule has 0 amide bonds. The van der Waals surface area contributed by atoms with Crippen LogP contribution in [0.1, 0.15) is 19.4 Å². The zero-order valence-electron chi connectivity index (χ0n) is 19.3. The fourth-order valence-electron chi connectivity index (χ4n) is 4.10. The average Bonchev–Trinajstić information content (AvgIpc) is 3.14. The van der Waals surface area contributed by atoms with Crippen molar-refractivity contribution in [2.75, 3.05) is 41.9 Å². The Morgan fingerprint density at radius 3 is 2.38 bits per heavy atom. The minimum absolute atomic E-state index is 0.142. The van der Waals surface area contributed by atoms with Crippen LogP contribution in [0, 0.1) is 5.82 Å². The van der Waals surface area contributed by atoms with Gasteiger partial charge in [-0.25, -0.2) is 9.07 Å². The lowest BCUT2D eigenvalue weighted by molar-refractivity contribution is -0.137. The highest BCUT2D eigenvalue weighted by Crippen LogP contribution is 2.34. The molecular weight excluding hydrogens is 452 g/mol. The number of rotatable bonds is 5. The van der Waals surface area contributed by atoms with E-state index in [9.17, 15) is 17.6 Å². The SMILES string of the molecule is COc1ccc(N2CCN(c3nc(Nc4cc(C(F)(F)F)ccc4F)n(C)n3)CC2(C)C)cc1. The van der Waals surface area contributed by atoms with Crippen molar-refractivity contribution in [1.82, 2.24) is 14.8 Å². The minimum Gasteiger partial charge on any atom is -0.497 e. The molecule has 2 heterocycles. The Hall–Kier alpha value is -3.50. The third kappa shape index (κ3) is 4.73. The Kier molecular flexibility index (Phi) is 6.05. The summed E-state index contributed by atoms with van der Waals surface area (Å²) in [6.07, 6.45) is -4.58. The van der Waals surface area contributed by atoms with Gasteiger partial charge in [-0.15, -0.1) is 5.10 Å². The molecule has 0 radical (unpaired) electrons. The van der Waals surface area contributed by atoms with Gasteiger partial charge in [0.2, 0.25) is 11.9 Å². The van der Waals surface area contributed by atoms with Gasteiger partial charge in [0.1, 0.15) is 11.6 Å². The Morgan fingerprint density at radius 2 is 1.76 bits per heavy atom. The van der Waals surface area contributed by atoms with Gasteiger partial charge in [-0.3, -0.25) is 0 Å². The second-order valence-electron chi connectivity index (χ2n) is 8.76. The highest BCUT2D eigenvalue weighted by Gasteiger charge is 2.36. The molecule has 1 N–H and O–H groups in total. The number of nitrogens with one attached hydrogen (secondary N) is 1. The van der Waals surface area contributed by atoms with Gasteiger partial charge in [0, 0.05) is 32.4 Å². The summed E-state index contributed by atoms with van der Waals surface area (Å²) in [6, 6.07) is 10.1. The van der Waals surface area contributed by atoms with E-state index in [4.69, 9.17) is 4.74 Å². The Bertz CT molecular complexity index is 1160. The molecule has 11 heteroatoms. The fourth-order valence-corrected chi connectivity index (χ4v) is 4.10. The molecule has 7 nitrogen and oxygen atoms in total. The molecule has 1 aliphatic heterocycles. The smallest absolute Gasteiger partial charge is 0.416 e. The minimum atomic E-state index is -4.58. The molecule has 0 spiro atoms. The number of aromatic nitrogens is 3. The van der Waals surface area contributed by atoms with Crippen molar-refractivity contribution in [2.24, 2.45) is 7.05 Å². The van der Waals surface area contributed by atoms with Crippen molar-refractivity contribution in [3.63, 3.8) is 0 Å². The molecule has 1 saturated heterocycles. The van der Waals surface area contributed by atoms with Gasteiger partial charge in [-0.2, -0.15) is 18.2 Å². The molecule has 0 unspecified atom stereocenters. The maximum Gasteiger partial charge on any atom is 0.416 e. The van der Waals surface area contributed by atoms with Crippen LogP contribution in [-0.4, -0.2) is 47.0 Å². The van der Waals surface area contributed by atoms with E-state index in [-0.39, 0.29) is 17.2 Å². The number of piperazine rings is 1. The van der Waals surface area contributed by atoms with E-state index in [1.54, 1.807) is 14.2 Å². The third-order valence-electron chi connectivity index (χ3n) is 5.86. The van der Waals surface area contributed by atoms with Crippen molar-refractivity contribution >= 4 is 23.3 Å². The van der Waals surface area contributed by atoms with Crippen molar-refractivity contribution in [3.8, 4) is 5.75 Å². The van der Waals surface area contributed by atoms with Crippen LogP contribution < -0.4 is 19.9 Å². The van der Waals surface area contributed by atoms with E-state index < -0.39 is 17.6 Å². The lowest BCUT2D eigenvalue weighted by Gasteiger charge is -2.48. The monoisotopic (exact) mass is 478 g/mol. The number of benzene rings is 2. The molecule has 1 aliphatic rings. The van der Waals surface area contributed by atoms with Crippen LogP contribution in [0.25, 0.3) is 0 Å². The van der Waals surface area contributed by atoms with Gasteiger partial charge in [-0.1, -0.05) is 0 Å². The Morgan fingerprint density at radius 1 is 1.06 bits per heavy atom. The second kappa shape index (κ2) is 8.69. The molecule has 182 valence electrons. The molecule has 3 aromatic rings. The van der Waals surface area contributed by atoms with Crippen LogP contribution in [-0.2, 0) is 13.2 Å².